The zero-order valence-corrected chi connectivity index (χ0v) is 10.3. The maximum absolute atomic E-state index is 12.2. The first kappa shape index (κ1) is 12.4. The van der Waals surface area contributed by atoms with E-state index >= 15 is 0 Å². The zero-order valence-electron chi connectivity index (χ0n) is 10.3. The third-order valence-electron chi connectivity index (χ3n) is 2.68. The van der Waals surface area contributed by atoms with E-state index in [1.807, 2.05) is 6.07 Å². The summed E-state index contributed by atoms with van der Waals surface area (Å²) in [6.07, 6.45) is 0. The van der Waals surface area contributed by atoms with Gasteiger partial charge in [-0.05, 0) is 18.2 Å². The SMILES string of the molecule is COc1ccc([NH+]([O-])c2cccc(OC)c2)cc1. The van der Waals surface area contributed by atoms with Crippen molar-refractivity contribution in [2.24, 2.45) is 0 Å². The number of hydrogen-bond donors (Lipinski definition) is 1. The summed E-state index contributed by atoms with van der Waals surface area (Å²) in [4.78, 5) is 0. The van der Waals surface area contributed by atoms with Crippen LogP contribution in [0.2, 0.25) is 0 Å². The predicted octanol–water partition coefficient (Wildman–Crippen LogP) is 2.05. The van der Waals surface area contributed by atoms with Gasteiger partial charge in [0.2, 0.25) is 0 Å². The smallest absolute Gasteiger partial charge is 0.139 e. The average molecular weight is 245 g/mol. The lowest BCUT2D eigenvalue weighted by Crippen LogP contribution is -2.96. The molecule has 0 saturated heterocycles. The Morgan fingerprint density at radius 2 is 1.50 bits per heavy atom. The molecule has 2 aromatic rings. The zero-order chi connectivity index (χ0) is 13.0. The van der Waals surface area contributed by atoms with Crippen LogP contribution in [0.5, 0.6) is 11.5 Å². The fourth-order valence-electron chi connectivity index (χ4n) is 1.67. The highest BCUT2D eigenvalue weighted by Crippen LogP contribution is 2.17. The third kappa shape index (κ3) is 2.61. The first-order valence-electron chi connectivity index (χ1n) is 5.57. The molecule has 0 saturated carbocycles. The molecular formula is C14H15NO3. The molecule has 0 aliphatic carbocycles. The molecule has 1 atom stereocenters. The topological polar surface area (TPSA) is 46.0 Å². The summed E-state index contributed by atoms with van der Waals surface area (Å²) >= 11 is 0. The molecule has 0 aliphatic heterocycles. The summed E-state index contributed by atoms with van der Waals surface area (Å²) in [5.74, 6) is 1.41. The van der Waals surface area contributed by atoms with Gasteiger partial charge in [0, 0.05) is 24.3 Å². The molecule has 4 nitrogen and oxygen atoms in total. The van der Waals surface area contributed by atoms with E-state index in [4.69, 9.17) is 9.47 Å². The van der Waals surface area contributed by atoms with Crippen LogP contribution in [0.4, 0.5) is 11.4 Å². The van der Waals surface area contributed by atoms with Crippen LogP contribution < -0.4 is 14.5 Å². The van der Waals surface area contributed by atoms with Gasteiger partial charge in [-0.3, -0.25) is 0 Å². The van der Waals surface area contributed by atoms with Gasteiger partial charge in [-0.2, -0.15) is 0 Å². The van der Waals surface area contributed by atoms with Crippen molar-refractivity contribution >= 4 is 11.4 Å². The van der Waals surface area contributed by atoms with Crippen molar-refractivity contribution in [2.45, 2.75) is 0 Å². The molecule has 0 radical (unpaired) electrons. The van der Waals surface area contributed by atoms with E-state index in [0.29, 0.717) is 17.1 Å². The van der Waals surface area contributed by atoms with Crippen molar-refractivity contribution in [1.82, 2.24) is 0 Å². The van der Waals surface area contributed by atoms with Gasteiger partial charge in [0.15, 0.2) is 0 Å². The van der Waals surface area contributed by atoms with E-state index in [2.05, 4.69) is 0 Å². The minimum atomic E-state index is -0.0310. The maximum atomic E-state index is 12.2. The fourth-order valence-corrected chi connectivity index (χ4v) is 1.67. The van der Waals surface area contributed by atoms with Crippen LogP contribution in [0.15, 0.2) is 48.5 Å². The highest BCUT2D eigenvalue weighted by atomic mass is 16.5. The van der Waals surface area contributed by atoms with E-state index < -0.39 is 0 Å². The lowest BCUT2D eigenvalue weighted by molar-refractivity contribution is -0.698. The Kier molecular flexibility index (Phi) is 3.82. The lowest BCUT2D eigenvalue weighted by atomic mass is 10.2. The van der Waals surface area contributed by atoms with Gasteiger partial charge in [-0.1, -0.05) is 6.07 Å². The number of ether oxygens (including phenoxy) is 2. The fraction of sp³-hybridized carbons (Fsp3) is 0.143. The van der Waals surface area contributed by atoms with Gasteiger partial charge in [-0.15, -0.1) is 0 Å². The molecule has 2 aromatic carbocycles. The molecule has 94 valence electrons. The molecule has 0 spiro atoms. The van der Waals surface area contributed by atoms with Crippen molar-refractivity contribution in [2.75, 3.05) is 14.2 Å². The third-order valence-corrected chi connectivity index (χ3v) is 2.68. The van der Waals surface area contributed by atoms with Crippen molar-refractivity contribution in [3.63, 3.8) is 0 Å². The normalized spacial score (nSPS) is 11.9. The molecule has 1 unspecified atom stereocenters. The van der Waals surface area contributed by atoms with E-state index in [-0.39, 0.29) is 5.06 Å². The molecular weight excluding hydrogens is 230 g/mol. The Labute approximate surface area is 106 Å². The van der Waals surface area contributed by atoms with Crippen molar-refractivity contribution in [3.05, 3.63) is 53.7 Å². The van der Waals surface area contributed by atoms with Crippen LogP contribution in [0.1, 0.15) is 0 Å². The Balaban J connectivity index is 2.25. The van der Waals surface area contributed by atoms with Crippen molar-refractivity contribution in [3.8, 4) is 11.5 Å². The molecule has 0 heterocycles. The van der Waals surface area contributed by atoms with Gasteiger partial charge in [-0.25, -0.2) is 0 Å². The van der Waals surface area contributed by atoms with Crippen LogP contribution in [-0.4, -0.2) is 14.2 Å². The number of methoxy groups -OCH3 is 2. The number of hydrogen-bond acceptors (Lipinski definition) is 3. The molecule has 1 N–H and O–H groups in total. The Bertz CT molecular complexity index is 511. The van der Waals surface area contributed by atoms with E-state index in [1.54, 1.807) is 56.7 Å². The molecule has 0 bridgehead atoms. The van der Waals surface area contributed by atoms with Gasteiger partial charge >= 0.3 is 0 Å². The van der Waals surface area contributed by atoms with Crippen LogP contribution in [0, 0.1) is 5.21 Å². The molecule has 0 fully saturated rings. The number of nitrogens with one attached hydrogen (secondary N) is 1. The Morgan fingerprint density at radius 1 is 0.833 bits per heavy atom. The second-order valence-corrected chi connectivity index (χ2v) is 3.79. The summed E-state index contributed by atoms with van der Waals surface area (Å²) in [5, 5.41) is 12.2. The summed E-state index contributed by atoms with van der Waals surface area (Å²) in [7, 11) is 3.18. The Morgan fingerprint density at radius 3 is 2.11 bits per heavy atom. The molecule has 0 aliphatic rings. The molecule has 4 heteroatoms. The van der Waals surface area contributed by atoms with E-state index in [9.17, 15) is 5.21 Å². The summed E-state index contributed by atoms with van der Waals surface area (Å²) in [6.45, 7) is 0. The quantitative estimate of drug-likeness (QED) is 0.838. The second-order valence-electron chi connectivity index (χ2n) is 3.79. The largest absolute Gasteiger partial charge is 0.623 e. The summed E-state index contributed by atoms with van der Waals surface area (Å²) in [6, 6.07) is 14.2. The lowest BCUT2D eigenvalue weighted by Gasteiger charge is -2.21. The Hall–Kier alpha value is -2.04. The molecule has 0 amide bonds. The second kappa shape index (κ2) is 5.53. The molecule has 18 heavy (non-hydrogen) atoms. The van der Waals surface area contributed by atoms with E-state index in [1.165, 1.54) is 0 Å². The minimum Gasteiger partial charge on any atom is -0.623 e. The minimum absolute atomic E-state index is 0.0310. The van der Waals surface area contributed by atoms with Crippen molar-refractivity contribution in [1.29, 1.82) is 0 Å². The average Bonchev–Trinajstić information content (AvgIpc) is 2.46. The number of benzene rings is 2. The van der Waals surface area contributed by atoms with Crippen LogP contribution in [0.3, 0.4) is 0 Å². The van der Waals surface area contributed by atoms with Crippen LogP contribution in [-0.2, 0) is 0 Å². The van der Waals surface area contributed by atoms with Crippen LogP contribution >= 0.6 is 0 Å². The van der Waals surface area contributed by atoms with E-state index in [0.717, 1.165) is 5.75 Å². The first-order valence-corrected chi connectivity index (χ1v) is 5.57. The first-order chi connectivity index (χ1) is 8.74. The standard InChI is InChI=1S/C14H15NO3/c1-17-13-8-6-11(7-9-13)15(16)12-4-3-5-14(10-12)18-2/h3-10,15H,1-2H3. The number of quaternary nitrogens is 1. The highest BCUT2D eigenvalue weighted by molar-refractivity contribution is 5.43. The summed E-state index contributed by atoms with van der Waals surface area (Å²) in [5.41, 5.74) is 1.24. The monoisotopic (exact) mass is 245 g/mol. The van der Waals surface area contributed by atoms with Gasteiger partial charge in [0.1, 0.15) is 22.9 Å². The van der Waals surface area contributed by atoms with Gasteiger partial charge in [0.25, 0.3) is 0 Å². The van der Waals surface area contributed by atoms with Gasteiger partial charge in [0.05, 0.1) is 14.2 Å². The summed E-state index contributed by atoms with van der Waals surface area (Å²) < 4.78 is 10.2. The number of rotatable bonds is 4. The predicted molar refractivity (Wildman–Crippen MR) is 69.6 cm³/mol. The molecule has 0 aromatic heterocycles. The van der Waals surface area contributed by atoms with Crippen LogP contribution in [0.25, 0.3) is 0 Å². The highest BCUT2D eigenvalue weighted by Gasteiger charge is 2.07. The maximum Gasteiger partial charge on any atom is 0.139 e. The molecule has 2 rings (SSSR count). The van der Waals surface area contributed by atoms with Gasteiger partial charge < -0.3 is 19.7 Å². The van der Waals surface area contributed by atoms with Crippen molar-refractivity contribution < 1.29 is 14.5 Å².